The van der Waals surface area contributed by atoms with E-state index >= 15 is 0 Å². The largest absolute Gasteiger partial charge is 0.492 e. The Morgan fingerprint density at radius 2 is 2.19 bits per heavy atom. The standard InChI is InChI=1S/C14H19N5O2/c1-19-8-6-17-13(19)10-16-7-9-21-12-4-2-11(3-5-12)14(15)18-20/h2-6,8,16,20H,7,9-10H2,1H3,(H2,15,18). The highest BCUT2D eigenvalue weighted by molar-refractivity contribution is 5.97. The van der Waals surface area contributed by atoms with Crippen molar-refractivity contribution < 1.29 is 9.94 Å². The summed E-state index contributed by atoms with van der Waals surface area (Å²) in [4.78, 5) is 4.22. The van der Waals surface area contributed by atoms with E-state index in [2.05, 4.69) is 15.5 Å². The van der Waals surface area contributed by atoms with Gasteiger partial charge in [-0.05, 0) is 24.3 Å². The highest BCUT2D eigenvalue weighted by Crippen LogP contribution is 2.11. The Labute approximate surface area is 123 Å². The summed E-state index contributed by atoms with van der Waals surface area (Å²) in [7, 11) is 1.96. The summed E-state index contributed by atoms with van der Waals surface area (Å²) in [6, 6.07) is 7.05. The van der Waals surface area contributed by atoms with Gasteiger partial charge in [0, 0.05) is 31.5 Å². The van der Waals surface area contributed by atoms with Crippen LogP contribution in [0.25, 0.3) is 0 Å². The molecule has 4 N–H and O–H groups in total. The molecular formula is C14H19N5O2. The van der Waals surface area contributed by atoms with Gasteiger partial charge in [-0.3, -0.25) is 0 Å². The molecule has 0 aliphatic rings. The van der Waals surface area contributed by atoms with Gasteiger partial charge in [-0.25, -0.2) is 4.98 Å². The van der Waals surface area contributed by atoms with Gasteiger partial charge in [0.25, 0.3) is 0 Å². The normalized spacial score (nSPS) is 11.6. The summed E-state index contributed by atoms with van der Waals surface area (Å²) in [6.07, 6.45) is 3.69. The molecule has 1 aromatic heterocycles. The second-order valence-corrected chi connectivity index (χ2v) is 4.49. The van der Waals surface area contributed by atoms with E-state index < -0.39 is 0 Å². The third kappa shape index (κ3) is 4.22. The van der Waals surface area contributed by atoms with Gasteiger partial charge in [-0.1, -0.05) is 5.16 Å². The van der Waals surface area contributed by atoms with E-state index in [9.17, 15) is 0 Å². The monoisotopic (exact) mass is 289 g/mol. The van der Waals surface area contributed by atoms with Crippen LogP contribution in [-0.4, -0.2) is 33.7 Å². The second-order valence-electron chi connectivity index (χ2n) is 4.49. The van der Waals surface area contributed by atoms with E-state index in [4.69, 9.17) is 15.7 Å². The summed E-state index contributed by atoms with van der Waals surface area (Å²) in [5.41, 5.74) is 6.13. The molecule has 0 amide bonds. The summed E-state index contributed by atoms with van der Waals surface area (Å²) in [5, 5.41) is 14.8. The van der Waals surface area contributed by atoms with Crippen LogP contribution in [0.1, 0.15) is 11.4 Å². The Hall–Kier alpha value is -2.54. The molecule has 7 heteroatoms. The number of nitrogens with one attached hydrogen (secondary N) is 1. The topological polar surface area (TPSA) is 97.7 Å². The van der Waals surface area contributed by atoms with E-state index in [1.807, 2.05) is 17.8 Å². The van der Waals surface area contributed by atoms with E-state index in [0.29, 0.717) is 18.7 Å². The lowest BCUT2D eigenvalue weighted by atomic mass is 10.2. The van der Waals surface area contributed by atoms with Crippen molar-refractivity contribution in [2.45, 2.75) is 6.54 Å². The lowest BCUT2D eigenvalue weighted by Gasteiger charge is -2.08. The van der Waals surface area contributed by atoms with Crippen molar-refractivity contribution in [2.24, 2.45) is 17.9 Å². The van der Waals surface area contributed by atoms with E-state index in [1.165, 1.54) is 0 Å². The van der Waals surface area contributed by atoms with E-state index in [0.717, 1.165) is 18.1 Å². The first-order chi connectivity index (χ1) is 10.2. The van der Waals surface area contributed by atoms with Gasteiger partial charge in [0.05, 0.1) is 6.54 Å². The molecule has 7 nitrogen and oxygen atoms in total. The van der Waals surface area contributed by atoms with Crippen LogP contribution >= 0.6 is 0 Å². The molecule has 21 heavy (non-hydrogen) atoms. The van der Waals surface area contributed by atoms with Gasteiger partial charge in [-0.15, -0.1) is 0 Å². The van der Waals surface area contributed by atoms with Crippen molar-refractivity contribution in [3.8, 4) is 5.75 Å². The van der Waals surface area contributed by atoms with Gasteiger partial charge in [0.15, 0.2) is 5.84 Å². The Morgan fingerprint density at radius 1 is 1.43 bits per heavy atom. The molecule has 1 aromatic carbocycles. The second kappa shape index (κ2) is 7.30. The van der Waals surface area contributed by atoms with Gasteiger partial charge in [0.1, 0.15) is 18.2 Å². The van der Waals surface area contributed by atoms with Gasteiger partial charge in [-0.2, -0.15) is 0 Å². The fourth-order valence-corrected chi connectivity index (χ4v) is 1.79. The molecule has 0 radical (unpaired) electrons. The van der Waals surface area contributed by atoms with E-state index in [-0.39, 0.29) is 5.84 Å². The smallest absolute Gasteiger partial charge is 0.170 e. The average Bonchev–Trinajstić information content (AvgIpc) is 2.92. The molecule has 1 heterocycles. The van der Waals surface area contributed by atoms with Crippen LogP contribution in [-0.2, 0) is 13.6 Å². The first-order valence-electron chi connectivity index (χ1n) is 6.58. The number of hydrogen-bond donors (Lipinski definition) is 3. The Morgan fingerprint density at radius 3 is 2.81 bits per heavy atom. The van der Waals surface area contributed by atoms with Crippen molar-refractivity contribution in [2.75, 3.05) is 13.2 Å². The summed E-state index contributed by atoms with van der Waals surface area (Å²) < 4.78 is 7.56. The Kier molecular flexibility index (Phi) is 5.16. The average molecular weight is 289 g/mol. The highest BCUT2D eigenvalue weighted by atomic mass is 16.5. The number of nitrogens with zero attached hydrogens (tertiary/aromatic N) is 3. The molecule has 2 rings (SSSR count). The molecule has 0 aliphatic heterocycles. The minimum absolute atomic E-state index is 0.0817. The number of amidine groups is 1. The molecule has 0 aliphatic carbocycles. The maximum absolute atomic E-state index is 8.57. The number of imidazole rings is 1. The number of oxime groups is 1. The number of ether oxygens (including phenoxy) is 1. The zero-order chi connectivity index (χ0) is 15.1. The fourth-order valence-electron chi connectivity index (χ4n) is 1.79. The van der Waals surface area contributed by atoms with Gasteiger partial charge >= 0.3 is 0 Å². The predicted octanol–water partition coefficient (Wildman–Crippen LogP) is 0.683. The molecule has 0 saturated carbocycles. The summed E-state index contributed by atoms with van der Waals surface area (Å²) in [5.74, 6) is 1.81. The SMILES string of the molecule is Cn1ccnc1CNCCOc1ccc(C(N)=NO)cc1. The van der Waals surface area contributed by atoms with Crippen LogP contribution in [0, 0.1) is 0 Å². The highest BCUT2D eigenvalue weighted by Gasteiger charge is 2.00. The first kappa shape index (κ1) is 14.9. The number of aryl methyl sites for hydroxylation is 1. The number of aromatic nitrogens is 2. The quantitative estimate of drug-likeness (QED) is 0.229. The van der Waals surface area contributed by atoms with Crippen LogP contribution in [0.15, 0.2) is 41.8 Å². The first-order valence-corrected chi connectivity index (χ1v) is 6.58. The van der Waals surface area contributed by atoms with Crippen molar-refractivity contribution in [3.05, 3.63) is 48.0 Å². The maximum atomic E-state index is 8.57. The summed E-state index contributed by atoms with van der Waals surface area (Å²) in [6.45, 7) is 1.97. The van der Waals surface area contributed by atoms with Crippen molar-refractivity contribution in [1.82, 2.24) is 14.9 Å². The van der Waals surface area contributed by atoms with Crippen LogP contribution in [0.5, 0.6) is 5.75 Å². The lowest BCUT2D eigenvalue weighted by molar-refractivity contribution is 0.312. The molecule has 0 fully saturated rings. The molecule has 0 saturated heterocycles. The third-order valence-electron chi connectivity index (χ3n) is 3.01. The van der Waals surface area contributed by atoms with Crippen LogP contribution < -0.4 is 15.8 Å². The Bertz CT molecular complexity index is 592. The number of nitrogens with two attached hydrogens (primary N) is 1. The van der Waals surface area contributed by atoms with Crippen molar-refractivity contribution in [1.29, 1.82) is 0 Å². The maximum Gasteiger partial charge on any atom is 0.170 e. The zero-order valence-electron chi connectivity index (χ0n) is 11.9. The number of benzene rings is 1. The molecule has 0 atom stereocenters. The number of rotatable bonds is 7. The molecule has 0 spiro atoms. The van der Waals surface area contributed by atoms with Gasteiger partial charge < -0.3 is 25.6 Å². The van der Waals surface area contributed by atoms with Gasteiger partial charge in [0.2, 0.25) is 0 Å². The third-order valence-corrected chi connectivity index (χ3v) is 3.01. The fraction of sp³-hybridized carbons (Fsp3) is 0.286. The number of hydrogen-bond acceptors (Lipinski definition) is 5. The molecular weight excluding hydrogens is 270 g/mol. The Balaban J connectivity index is 1.70. The van der Waals surface area contributed by atoms with Crippen molar-refractivity contribution in [3.63, 3.8) is 0 Å². The van der Waals surface area contributed by atoms with E-state index in [1.54, 1.807) is 30.5 Å². The zero-order valence-corrected chi connectivity index (χ0v) is 11.9. The lowest BCUT2D eigenvalue weighted by Crippen LogP contribution is -2.22. The van der Waals surface area contributed by atoms with Crippen LogP contribution in [0.4, 0.5) is 0 Å². The minimum atomic E-state index is 0.0817. The molecule has 0 unspecified atom stereocenters. The minimum Gasteiger partial charge on any atom is -0.492 e. The predicted molar refractivity (Wildman–Crippen MR) is 79.4 cm³/mol. The molecule has 2 aromatic rings. The van der Waals surface area contributed by atoms with Crippen LogP contribution in [0.2, 0.25) is 0 Å². The van der Waals surface area contributed by atoms with Crippen LogP contribution in [0.3, 0.4) is 0 Å². The van der Waals surface area contributed by atoms with Crippen molar-refractivity contribution >= 4 is 5.84 Å². The molecule has 0 bridgehead atoms. The molecule has 112 valence electrons. The summed E-state index contributed by atoms with van der Waals surface area (Å²) >= 11 is 0.